The van der Waals surface area contributed by atoms with E-state index in [9.17, 15) is 5.26 Å². The van der Waals surface area contributed by atoms with Crippen LogP contribution in [0.25, 0.3) is 0 Å². The smallest absolute Gasteiger partial charge is 0.183 e. The fourth-order valence-electron chi connectivity index (χ4n) is 3.92. The highest BCUT2D eigenvalue weighted by molar-refractivity contribution is 5.51. The van der Waals surface area contributed by atoms with Gasteiger partial charge in [0.05, 0.1) is 5.69 Å². The van der Waals surface area contributed by atoms with Gasteiger partial charge in [-0.25, -0.2) is 19.9 Å². The monoisotopic (exact) mass is 349 g/mol. The van der Waals surface area contributed by atoms with E-state index in [1.165, 1.54) is 0 Å². The van der Waals surface area contributed by atoms with Crippen molar-refractivity contribution >= 4 is 11.6 Å². The van der Waals surface area contributed by atoms with Crippen molar-refractivity contribution in [3.8, 4) is 6.07 Å². The molecule has 7 nitrogen and oxygen atoms in total. The Bertz CT molecular complexity index is 837. The van der Waals surface area contributed by atoms with Crippen LogP contribution in [0.1, 0.15) is 32.2 Å². The van der Waals surface area contributed by atoms with Gasteiger partial charge in [-0.3, -0.25) is 0 Å². The van der Waals surface area contributed by atoms with Crippen LogP contribution < -0.4 is 9.80 Å². The lowest BCUT2D eigenvalue weighted by Crippen LogP contribution is -2.30. The number of hydrogen-bond donors (Lipinski definition) is 0. The maximum atomic E-state index is 9.26. The Morgan fingerprint density at radius 2 is 1.62 bits per heavy atom. The molecule has 0 saturated carbocycles. The third kappa shape index (κ3) is 2.96. The summed E-state index contributed by atoms with van der Waals surface area (Å²) in [5.74, 6) is 2.84. The third-order valence-corrected chi connectivity index (χ3v) is 5.32. The molecule has 4 rings (SSSR count). The molecular weight excluding hydrogens is 326 g/mol. The zero-order chi connectivity index (χ0) is 18.3. The van der Waals surface area contributed by atoms with E-state index in [4.69, 9.17) is 0 Å². The fraction of sp³-hybridized carbons (Fsp3) is 0.526. The largest absolute Gasteiger partial charge is 0.356 e. The zero-order valence-corrected chi connectivity index (χ0v) is 15.4. The molecule has 134 valence electrons. The molecule has 2 aliphatic heterocycles. The summed E-state index contributed by atoms with van der Waals surface area (Å²) in [6.45, 7) is 10.3. The van der Waals surface area contributed by atoms with Gasteiger partial charge in [-0.15, -0.1) is 0 Å². The first-order valence-corrected chi connectivity index (χ1v) is 8.99. The van der Waals surface area contributed by atoms with E-state index in [0.29, 0.717) is 23.3 Å². The van der Waals surface area contributed by atoms with E-state index in [0.717, 1.165) is 37.7 Å². The summed E-state index contributed by atoms with van der Waals surface area (Å²) in [5.41, 5.74) is 1.50. The average Bonchev–Trinajstić information content (AvgIpc) is 3.20. The molecule has 4 heterocycles. The SMILES string of the molecule is CC(C)(C)c1cc(N2CC3CN(c4nccnc4C#N)CC3C2)ncn1. The highest BCUT2D eigenvalue weighted by atomic mass is 15.3. The predicted molar refractivity (Wildman–Crippen MR) is 98.9 cm³/mol. The van der Waals surface area contributed by atoms with E-state index in [1.54, 1.807) is 18.7 Å². The van der Waals surface area contributed by atoms with Crippen LogP contribution in [0.4, 0.5) is 11.6 Å². The van der Waals surface area contributed by atoms with E-state index >= 15 is 0 Å². The van der Waals surface area contributed by atoms with Gasteiger partial charge in [-0.2, -0.15) is 5.26 Å². The van der Waals surface area contributed by atoms with Gasteiger partial charge in [0.1, 0.15) is 18.2 Å². The van der Waals surface area contributed by atoms with Crippen molar-refractivity contribution in [2.45, 2.75) is 26.2 Å². The molecule has 2 aromatic rings. The second kappa shape index (κ2) is 6.20. The van der Waals surface area contributed by atoms with E-state index in [2.05, 4.69) is 62.6 Å². The average molecular weight is 349 g/mol. The maximum absolute atomic E-state index is 9.26. The summed E-state index contributed by atoms with van der Waals surface area (Å²) < 4.78 is 0. The molecule has 0 amide bonds. The third-order valence-electron chi connectivity index (χ3n) is 5.32. The molecule has 0 radical (unpaired) electrons. The second-order valence-corrected chi connectivity index (χ2v) is 8.18. The fourth-order valence-corrected chi connectivity index (χ4v) is 3.92. The Kier molecular flexibility index (Phi) is 3.98. The molecule has 26 heavy (non-hydrogen) atoms. The minimum Gasteiger partial charge on any atom is -0.356 e. The Morgan fingerprint density at radius 3 is 2.27 bits per heavy atom. The molecule has 2 unspecified atom stereocenters. The van der Waals surface area contributed by atoms with Gasteiger partial charge in [0, 0.05) is 61.9 Å². The highest BCUT2D eigenvalue weighted by Gasteiger charge is 2.41. The van der Waals surface area contributed by atoms with Crippen LogP contribution in [0.2, 0.25) is 0 Å². The quantitative estimate of drug-likeness (QED) is 0.820. The van der Waals surface area contributed by atoms with E-state index < -0.39 is 0 Å². The number of aromatic nitrogens is 4. The van der Waals surface area contributed by atoms with Gasteiger partial charge in [-0.05, 0) is 0 Å². The van der Waals surface area contributed by atoms with Crippen LogP contribution in [0.15, 0.2) is 24.8 Å². The number of hydrogen-bond acceptors (Lipinski definition) is 7. The predicted octanol–water partition coefficient (Wildman–Crippen LogP) is 2.01. The van der Waals surface area contributed by atoms with E-state index in [1.807, 2.05) is 0 Å². The van der Waals surface area contributed by atoms with Crippen molar-refractivity contribution in [2.24, 2.45) is 11.8 Å². The summed E-state index contributed by atoms with van der Waals surface area (Å²) in [4.78, 5) is 22.0. The Labute approximate surface area is 153 Å². The first-order valence-electron chi connectivity index (χ1n) is 8.99. The van der Waals surface area contributed by atoms with Gasteiger partial charge in [0.2, 0.25) is 0 Å². The normalized spacial score (nSPS) is 22.4. The van der Waals surface area contributed by atoms with Crippen LogP contribution in [0.3, 0.4) is 0 Å². The molecule has 2 saturated heterocycles. The number of nitriles is 1. The Morgan fingerprint density at radius 1 is 0.962 bits per heavy atom. The van der Waals surface area contributed by atoms with Crippen LogP contribution in [0.5, 0.6) is 0 Å². The molecule has 2 atom stereocenters. The molecule has 0 spiro atoms. The second-order valence-electron chi connectivity index (χ2n) is 8.18. The first-order chi connectivity index (χ1) is 12.5. The van der Waals surface area contributed by atoms with Crippen LogP contribution in [0, 0.1) is 23.2 Å². The lowest BCUT2D eigenvalue weighted by Gasteiger charge is -2.24. The standard InChI is InChI=1S/C19H23N7/c1-19(2,3)16-6-17(24-12-23-16)25-8-13-10-26(11-14(13)9-25)18-15(7-20)21-4-5-22-18/h4-6,12-14H,8-11H2,1-3H3. The minimum atomic E-state index is 0.0176. The summed E-state index contributed by atoms with van der Waals surface area (Å²) in [7, 11) is 0. The summed E-state index contributed by atoms with van der Waals surface area (Å²) in [6.07, 6.45) is 4.91. The Balaban J connectivity index is 1.48. The van der Waals surface area contributed by atoms with Gasteiger partial charge >= 0.3 is 0 Å². The summed E-state index contributed by atoms with van der Waals surface area (Å²) in [5, 5.41) is 9.26. The summed E-state index contributed by atoms with van der Waals surface area (Å²) in [6, 6.07) is 4.27. The van der Waals surface area contributed by atoms with Crippen LogP contribution in [-0.2, 0) is 5.41 Å². The first kappa shape index (κ1) is 16.7. The zero-order valence-electron chi connectivity index (χ0n) is 15.4. The van der Waals surface area contributed by atoms with Crippen molar-refractivity contribution < 1.29 is 0 Å². The maximum Gasteiger partial charge on any atom is 0.183 e. The van der Waals surface area contributed by atoms with Crippen molar-refractivity contribution in [3.63, 3.8) is 0 Å². The topological polar surface area (TPSA) is 81.8 Å². The number of fused-ring (bicyclic) bond motifs is 1. The van der Waals surface area contributed by atoms with Crippen molar-refractivity contribution in [1.29, 1.82) is 5.26 Å². The van der Waals surface area contributed by atoms with Crippen LogP contribution in [-0.4, -0.2) is 46.1 Å². The van der Waals surface area contributed by atoms with Gasteiger partial charge in [0.25, 0.3) is 0 Å². The molecule has 2 aromatic heterocycles. The van der Waals surface area contributed by atoms with Gasteiger partial charge in [0.15, 0.2) is 11.5 Å². The van der Waals surface area contributed by atoms with Crippen molar-refractivity contribution in [3.05, 3.63) is 36.2 Å². The van der Waals surface area contributed by atoms with Crippen LogP contribution >= 0.6 is 0 Å². The molecule has 2 fully saturated rings. The Hall–Kier alpha value is -2.75. The lowest BCUT2D eigenvalue weighted by atomic mass is 9.92. The molecule has 0 N–H and O–H groups in total. The molecule has 2 aliphatic rings. The lowest BCUT2D eigenvalue weighted by molar-refractivity contribution is 0.533. The van der Waals surface area contributed by atoms with Crippen molar-refractivity contribution in [2.75, 3.05) is 36.0 Å². The van der Waals surface area contributed by atoms with Crippen molar-refractivity contribution in [1.82, 2.24) is 19.9 Å². The van der Waals surface area contributed by atoms with E-state index in [-0.39, 0.29) is 5.41 Å². The minimum absolute atomic E-state index is 0.0176. The number of anilines is 2. The van der Waals surface area contributed by atoms with Gasteiger partial charge < -0.3 is 9.80 Å². The molecular formula is C19H23N7. The molecule has 0 aliphatic carbocycles. The summed E-state index contributed by atoms with van der Waals surface area (Å²) >= 11 is 0. The highest BCUT2D eigenvalue weighted by Crippen LogP contribution is 2.36. The molecule has 7 heteroatoms. The number of nitrogens with zero attached hydrogens (tertiary/aromatic N) is 7. The molecule has 0 aromatic carbocycles. The van der Waals surface area contributed by atoms with Gasteiger partial charge in [-0.1, -0.05) is 20.8 Å². The molecule has 0 bridgehead atoms. The number of rotatable bonds is 2.